The zero-order valence-corrected chi connectivity index (χ0v) is 16.6. The zero-order valence-electron chi connectivity index (χ0n) is 16.6. The molecule has 1 amide bonds. The Hall–Kier alpha value is -2.71. The summed E-state index contributed by atoms with van der Waals surface area (Å²) in [7, 11) is 0. The van der Waals surface area contributed by atoms with Crippen LogP contribution in [0, 0.1) is 17.1 Å². The molecule has 0 N–H and O–H groups in total. The summed E-state index contributed by atoms with van der Waals surface area (Å²) in [6.45, 7) is 3.18. The Bertz CT molecular complexity index is 938. The summed E-state index contributed by atoms with van der Waals surface area (Å²) < 4.78 is 13.6. The molecular formula is C24H26FN3O. The van der Waals surface area contributed by atoms with Gasteiger partial charge in [0.2, 0.25) is 0 Å². The number of nitriles is 1. The summed E-state index contributed by atoms with van der Waals surface area (Å²) in [6, 6.07) is 16.0. The van der Waals surface area contributed by atoms with Gasteiger partial charge in [0.15, 0.2) is 0 Å². The van der Waals surface area contributed by atoms with E-state index in [0.29, 0.717) is 24.2 Å². The van der Waals surface area contributed by atoms with Crippen LogP contribution in [0.25, 0.3) is 0 Å². The van der Waals surface area contributed by atoms with Crippen molar-refractivity contribution in [2.45, 2.75) is 44.2 Å². The number of benzene rings is 2. The lowest BCUT2D eigenvalue weighted by Crippen LogP contribution is -2.44. The summed E-state index contributed by atoms with van der Waals surface area (Å²) in [5.74, 6) is -0.238. The molecule has 1 spiro atoms. The van der Waals surface area contributed by atoms with Crippen LogP contribution in [0.2, 0.25) is 0 Å². The van der Waals surface area contributed by atoms with Gasteiger partial charge in [-0.05, 0) is 68.5 Å². The number of amides is 1. The molecule has 4 rings (SSSR count). The molecule has 2 fully saturated rings. The molecule has 0 bridgehead atoms. The number of hydrogen-bond donors (Lipinski definition) is 0. The molecule has 150 valence electrons. The van der Waals surface area contributed by atoms with Crippen LogP contribution in [-0.2, 0) is 6.54 Å². The SMILES string of the molecule is N#Cc1ccccc1C(=O)N1CCCC2(CCCN2Cc2cccc(F)c2)CC1. The van der Waals surface area contributed by atoms with Gasteiger partial charge in [0, 0.05) is 25.2 Å². The van der Waals surface area contributed by atoms with Gasteiger partial charge in [-0.3, -0.25) is 9.69 Å². The zero-order chi connectivity index (χ0) is 20.3. The normalized spacial score (nSPS) is 22.4. The second-order valence-electron chi connectivity index (χ2n) is 8.18. The molecular weight excluding hydrogens is 365 g/mol. The highest BCUT2D eigenvalue weighted by Gasteiger charge is 2.42. The summed E-state index contributed by atoms with van der Waals surface area (Å²) in [4.78, 5) is 17.5. The second-order valence-corrected chi connectivity index (χ2v) is 8.18. The molecule has 2 saturated heterocycles. The lowest BCUT2D eigenvalue weighted by atomic mass is 9.87. The predicted octanol–water partition coefficient (Wildman–Crippen LogP) is 4.36. The van der Waals surface area contributed by atoms with E-state index in [2.05, 4.69) is 11.0 Å². The van der Waals surface area contributed by atoms with Crippen molar-refractivity contribution in [3.63, 3.8) is 0 Å². The maximum atomic E-state index is 13.6. The van der Waals surface area contributed by atoms with Crippen molar-refractivity contribution < 1.29 is 9.18 Å². The summed E-state index contributed by atoms with van der Waals surface area (Å²) in [5, 5.41) is 9.33. The van der Waals surface area contributed by atoms with Crippen LogP contribution >= 0.6 is 0 Å². The van der Waals surface area contributed by atoms with Crippen molar-refractivity contribution in [3.05, 3.63) is 71.0 Å². The van der Waals surface area contributed by atoms with Gasteiger partial charge >= 0.3 is 0 Å². The van der Waals surface area contributed by atoms with Crippen LogP contribution in [0.4, 0.5) is 4.39 Å². The van der Waals surface area contributed by atoms with Crippen molar-refractivity contribution >= 4 is 5.91 Å². The molecule has 4 nitrogen and oxygen atoms in total. The van der Waals surface area contributed by atoms with E-state index >= 15 is 0 Å². The van der Waals surface area contributed by atoms with Crippen molar-refractivity contribution in [1.82, 2.24) is 9.80 Å². The molecule has 1 atom stereocenters. The van der Waals surface area contributed by atoms with Crippen LogP contribution in [-0.4, -0.2) is 40.9 Å². The molecule has 0 aromatic heterocycles. The number of hydrogen-bond acceptors (Lipinski definition) is 3. The molecule has 0 aliphatic carbocycles. The molecule has 29 heavy (non-hydrogen) atoms. The summed E-state index contributed by atoms with van der Waals surface area (Å²) in [5.41, 5.74) is 2.02. The van der Waals surface area contributed by atoms with Crippen molar-refractivity contribution in [1.29, 1.82) is 5.26 Å². The van der Waals surface area contributed by atoms with Gasteiger partial charge in [-0.1, -0.05) is 24.3 Å². The first-order valence-corrected chi connectivity index (χ1v) is 10.4. The van der Waals surface area contributed by atoms with E-state index in [1.165, 1.54) is 6.07 Å². The largest absolute Gasteiger partial charge is 0.339 e. The molecule has 2 aliphatic heterocycles. The third-order valence-corrected chi connectivity index (χ3v) is 6.49. The van der Waals surface area contributed by atoms with Gasteiger partial charge in [0.1, 0.15) is 5.82 Å². The van der Waals surface area contributed by atoms with E-state index in [1.54, 1.807) is 30.3 Å². The standard InChI is InChI=1S/C24H26FN3O/c25-21-8-3-6-19(16-21)18-28-14-5-11-24(28)10-4-13-27(15-12-24)23(29)22-9-2-1-7-20(22)17-26/h1-3,6-9,16H,4-5,10-15,18H2. The minimum atomic E-state index is -0.190. The van der Waals surface area contributed by atoms with Gasteiger partial charge in [0.25, 0.3) is 5.91 Å². The van der Waals surface area contributed by atoms with Gasteiger partial charge < -0.3 is 4.90 Å². The molecule has 2 aromatic carbocycles. The molecule has 1 unspecified atom stereocenters. The molecule has 5 heteroatoms. The first-order valence-electron chi connectivity index (χ1n) is 10.4. The monoisotopic (exact) mass is 391 g/mol. The van der Waals surface area contributed by atoms with E-state index in [1.807, 2.05) is 17.0 Å². The van der Waals surface area contributed by atoms with Crippen molar-refractivity contribution in [3.8, 4) is 6.07 Å². The minimum Gasteiger partial charge on any atom is -0.339 e. The predicted molar refractivity (Wildman–Crippen MR) is 110 cm³/mol. The van der Waals surface area contributed by atoms with Crippen LogP contribution in [0.3, 0.4) is 0 Å². The Labute approximate surface area is 171 Å². The topological polar surface area (TPSA) is 47.3 Å². The number of rotatable bonds is 3. The summed E-state index contributed by atoms with van der Waals surface area (Å²) >= 11 is 0. The summed E-state index contributed by atoms with van der Waals surface area (Å²) in [6.07, 6.45) is 5.18. The van der Waals surface area contributed by atoms with E-state index in [-0.39, 0.29) is 17.3 Å². The van der Waals surface area contributed by atoms with Gasteiger partial charge in [-0.2, -0.15) is 5.26 Å². The van der Waals surface area contributed by atoms with Gasteiger partial charge in [-0.15, -0.1) is 0 Å². The lowest BCUT2D eigenvalue weighted by Gasteiger charge is -2.38. The van der Waals surface area contributed by atoms with E-state index in [0.717, 1.165) is 50.8 Å². The highest BCUT2D eigenvalue weighted by Crippen LogP contribution is 2.39. The van der Waals surface area contributed by atoms with Crippen LogP contribution in [0.15, 0.2) is 48.5 Å². The highest BCUT2D eigenvalue weighted by molar-refractivity contribution is 5.96. The Kier molecular flexibility index (Phi) is 5.64. The van der Waals surface area contributed by atoms with E-state index in [4.69, 9.17) is 0 Å². The third kappa shape index (κ3) is 4.04. The Morgan fingerprint density at radius 2 is 1.83 bits per heavy atom. The van der Waals surface area contributed by atoms with Crippen LogP contribution < -0.4 is 0 Å². The lowest BCUT2D eigenvalue weighted by molar-refractivity contribution is 0.0737. The number of likely N-dealkylation sites (tertiary alicyclic amines) is 2. The Morgan fingerprint density at radius 1 is 1.03 bits per heavy atom. The van der Waals surface area contributed by atoms with E-state index < -0.39 is 0 Å². The molecule has 0 saturated carbocycles. The fourth-order valence-corrected chi connectivity index (χ4v) is 4.98. The van der Waals surface area contributed by atoms with Crippen molar-refractivity contribution in [2.75, 3.05) is 19.6 Å². The second kappa shape index (κ2) is 8.34. The first-order chi connectivity index (χ1) is 14.1. The molecule has 2 aliphatic rings. The fraction of sp³-hybridized carbons (Fsp3) is 0.417. The van der Waals surface area contributed by atoms with Crippen molar-refractivity contribution in [2.24, 2.45) is 0 Å². The quantitative estimate of drug-likeness (QED) is 0.781. The number of nitrogens with zero attached hydrogens (tertiary/aromatic N) is 3. The Morgan fingerprint density at radius 3 is 2.62 bits per heavy atom. The van der Waals surface area contributed by atoms with Crippen LogP contribution in [0.5, 0.6) is 0 Å². The minimum absolute atomic E-state index is 0.0473. The average molecular weight is 391 g/mol. The van der Waals surface area contributed by atoms with E-state index in [9.17, 15) is 14.4 Å². The highest BCUT2D eigenvalue weighted by atomic mass is 19.1. The van der Waals surface area contributed by atoms with Gasteiger partial charge in [0.05, 0.1) is 17.2 Å². The molecule has 0 radical (unpaired) electrons. The smallest absolute Gasteiger partial charge is 0.255 e. The number of carbonyl (C=O) groups is 1. The first kappa shape index (κ1) is 19.6. The third-order valence-electron chi connectivity index (χ3n) is 6.49. The van der Waals surface area contributed by atoms with Gasteiger partial charge in [-0.25, -0.2) is 4.39 Å². The molecule has 2 heterocycles. The number of carbonyl (C=O) groups excluding carboxylic acids is 1. The maximum absolute atomic E-state index is 13.6. The fourth-order valence-electron chi connectivity index (χ4n) is 4.98. The number of halogens is 1. The molecule has 2 aromatic rings. The average Bonchev–Trinajstić information content (AvgIpc) is 2.98. The maximum Gasteiger partial charge on any atom is 0.255 e. The Balaban J connectivity index is 1.49. The van der Waals surface area contributed by atoms with Crippen LogP contribution in [0.1, 0.15) is 53.6 Å².